The van der Waals surface area contributed by atoms with Gasteiger partial charge in [0, 0.05) is 32.0 Å². The highest BCUT2D eigenvalue weighted by atomic mass is 16.4. The summed E-state index contributed by atoms with van der Waals surface area (Å²) in [6.45, 7) is 2.99. The van der Waals surface area contributed by atoms with E-state index in [0.717, 1.165) is 12.8 Å². The molecular formula is C15H24N2O4. The molecule has 1 saturated carbocycles. The molecule has 21 heavy (non-hydrogen) atoms. The van der Waals surface area contributed by atoms with E-state index in [-0.39, 0.29) is 23.7 Å². The van der Waals surface area contributed by atoms with E-state index in [4.69, 9.17) is 5.11 Å². The summed E-state index contributed by atoms with van der Waals surface area (Å²) < 4.78 is 0. The van der Waals surface area contributed by atoms with Crippen LogP contribution in [-0.4, -0.2) is 58.9 Å². The fourth-order valence-corrected chi connectivity index (χ4v) is 2.99. The van der Waals surface area contributed by atoms with Crippen molar-refractivity contribution in [2.24, 2.45) is 11.8 Å². The van der Waals surface area contributed by atoms with Gasteiger partial charge >= 0.3 is 5.97 Å². The van der Waals surface area contributed by atoms with E-state index in [1.54, 1.807) is 14.0 Å². The molecule has 2 aliphatic rings. The standard InChI is InChI=1S/C15H24N2O4/c1-3-12(15(20)21)16(2)13(18)11-6-8-17(9-7-11)14(19)10-4-5-10/h10-12H,3-9H2,1-2H3,(H,20,21). The molecule has 0 aromatic rings. The summed E-state index contributed by atoms with van der Waals surface area (Å²) in [7, 11) is 1.56. The Morgan fingerprint density at radius 1 is 1.14 bits per heavy atom. The maximum atomic E-state index is 12.4. The molecule has 1 aliphatic carbocycles. The minimum absolute atomic E-state index is 0.109. The van der Waals surface area contributed by atoms with Crippen molar-refractivity contribution < 1.29 is 19.5 Å². The van der Waals surface area contributed by atoms with E-state index in [1.165, 1.54) is 4.90 Å². The molecule has 6 heteroatoms. The molecule has 1 atom stereocenters. The monoisotopic (exact) mass is 296 g/mol. The number of likely N-dealkylation sites (tertiary alicyclic amines) is 1. The van der Waals surface area contributed by atoms with Gasteiger partial charge in [-0.05, 0) is 32.1 Å². The van der Waals surface area contributed by atoms with Gasteiger partial charge in [-0.25, -0.2) is 4.79 Å². The summed E-state index contributed by atoms with van der Waals surface area (Å²) in [5.74, 6) is -0.785. The molecule has 1 saturated heterocycles. The molecular weight excluding hydrogens is 272 g/mol. The second-order valence-electron chi connectivity index (χ2n) is 6.09. The topological polar surface area (TPSA) is 77.9 Å². The van der Waals surface area contributed by atoms with Crippen molar-refractivity contribution in [1.29, 1.82) is 0 Å². The van der Waals surface area contributed by atoms with Crippen molar-refractivity contribution in [3.05, 3.63) is 0 Å². The lowest BCUT2D eigenvalue weighted by Crippen LogP contribution is -2.48. The van der Waals surface area contributed by atoms with Crippen LogP contribution < -0.4 is 0 Å². The van der Waals surface area contributed by atoms with Gasteiger partial charge < -0.3 is 14.9 Å². The zero-order chi connectivity index (χ0) is 15.6. The first kappa shape index (κ1) is 15.8. The number of carboxylic acid groups (broad SMARTS) is 1. The number of amides is 2. The molecule has 1 N–H and O–H groups in total. The van der Waals surface area contributed by atoms with Gasteiger partial charge in [0.2, 0.25) is 11.8 Å². The lowest BCUT2D eigenvalue weighted by molar-refractivity contribution is -0.151. The van der Waals surface area contributed by atoms with Gasteiger partial charge in [-0.1, -0.05) is 6.92 Å². The number of carboxylic acids is 1. The van der Waals surface area contributed by atoms with Gasteiger partial charge in [0.1, 0.15) is 6.04 Å². The molecule has 0 aromatic heterocycles. The number of rotatable bonds is 5. The highest BCUT2D eigenvalue weighted by molar-refractivity contribution is 5.85. The summed E-state index contributed by atoms with van der Waals surface area (Å²) >= 11 is 0. The second-order valence-corrected chi connectivity index (χ2v) is 6.09. The zero-order valence-electron chi connectivity index (χ0n) is 12.7. The Kier molecular flexibility index (Phi) is 4.85. The number of hydrogen-bond acceptors (Lipinski definition) is 3. The van der Waals surface area contributed by atoms with Crippen LogP contribution in [0, 0.1) is 11.8 Å². The summed E-state index contributed by atoms with van der Waals surface area (Å²) in [6, 6.07) is -0.761. The van der Waals surface area contributed by atoms with Crippen molar-refractivity contribution in [2.75, 3.05) is 20.1 Å². The molecule has 2 fully saturated rings. The molecule has 2 amide bonds. The summed E-state index contributed by atoms with van der Waals surface area (Å²) in [4.78, 5) is 38.7. The normalized spacial score (nSPS) is 21.0. The Bertz CT molecular complexity index is 425. The molecule has 6 nitrogen and oxygen atoms in total. The number of piperidine rings is 1. The number of carbonyl (C=O) groups excluding carboxylic acids is 2. The summed E-state index contributed by atoms with van der Waals surface area (Å²) in [5, 5.41) is 9.13. The van der Waals surface area contributed by atoms with E-state index in [1.807, 2.05) is 4.90 Å². The maximum absolute atomic E-state index is 12.4. The molecule has 0 radical (unpaired) electrons. The molecule has 0 bridgehead atoms. The highest BCUT2D eigenvalue weighted by Gasteiger charge is 2.37. The van der Waals surface area contributed by atoms with Gasteiger partial charge in [0.15, 0.2) is 0 Å². The van der Waals surface area contributed by atoms with Crippen LogP contribution in [0.4, 0.5) is 0 Å². The molecule has 2 rings (SSSR count). The maximum Gasteiger partial charge on any atom is 0.326 e. The Morgan fingerprint density at radius 3 is 2.14 bits per heavy atom. The van der Waals surface area contributed by atoms with Gasteiger partial charge in [0.25, 0.3) is 0 Å². The van der Waals surface area contributed by atoms with Crippen molar-refractivity contribution in [3.63, 3.8) is 0 Å². The average Bonchev–Trinajstić information content (AvgIpc) is 3.30. The number of carbonyl (C=O) groups is 3. The van der Waals surface area contributed by atoms with Crippen LogP contribution in [-0.2, 0) is 14.4 Å². The third-order valence-electron chi connectivity index (χ3n) is 4.57. The van der Waals surface area contributed by atoms with Gasteiger partial charge in [0.05, 0.1) is 0 Å². The largest absolute Gasteiger partial charge is 0.480 e. The van der Waals surface area contributed by atoms with Gasteiger partial charge in [-0.3, -0.25) is 9.59 Å². The highest BCUT2D eigenvalue weighted by Crippen LogP contribution is 2.32. The van der Waals surface area contributed by atoms with Crippen molar-refractivity contribution in [3.8, 4) is 0 Å². The van der Waals surface area contributed by atoms with Crippen molar-refractivity contribution >= 4 is 17.8 Å². The lowest BCUT2D eigenvalue weighted by atomic mass is 9.94. The first-order valence-electron chi connectivity index (χ1n) is 7.74. The number of nitrogens with zero attached hydrogens (tertiary/aromatic N) is 2. The zero-order valence-corrected chi connectivity index (χ0v) is 12.7. The fourth-order valence-electron chi connectivity index (χ4n) is 2.99. The third-order valence-corrected chi connectivity index (χ3v) is 4.57. The lowest BCUT2D eigenvalue weighted by Gasteiger charge is -2.34. The van der Waals surface area contributed by atoms with Crippen LogP contribution in [0.3, 0.4) is 0 Å². The fraction of sp³-hybridized carbons (Fsp3) is 0.800. The Morgan fingerprint density at radius 2 is 1.71 bits per heavy atom. The molecule has 118 valence electrons. The van der Waals surface area contributed by atoms with Gasteiger partial charge in [-0.2, -0.15) is 0 Å². The SMILES string of the molecule is CCC(C(=O)O)N(C)C(=O)C1CCN(C(=O)C2CC2)CC1. The minimum atomic E-state index is -0.963. The van der Waals surface area contributed by atoms with Crippen LogP contribution in [0.2, 0.25) is 0 Å². The molecule has 0 spiro atoms. The van der Waals surface area contributed by atoms with E-state index in [9.17, 15) is 14.4 Å². The van der Waals surface area contributed by atoms with E-state index in [2.05, 4.69) is 0 Å². The van der Waals surface area contributed by atoms with Crippen LogP contribution in [0.5, 0.6) is 0 Å². The summed E-state index contributed by atoms with van der Waals surface area (Å²) in [6.07, 6.45) is 3.67. The van der Waals surface area contributed by atoms with E-state index < -0.39 is 12.0 Å². The van der Waals surface area contributed by atoms with Crippen LogP contribution in [0.1, 0.15) is 39.0 Å². The van der Waals surface area contributed by atoms with Crippen LogP contribution >= 0.6 is 0 Å². The Balaban J connectivity index is 1.87. The first-order valence-corrected chi connectivity index (χ1v) is 7.74. The average molecular weight is 296 g/mol. The van der Waals surface area contributed by atoms with E-state index >= 15 is 0 Å². The van der Waals surface area contributed by atoms with Crippen molar-refractivity contribution in [1.82, 2.24) is 9.80 Å². The summed E-state index contributed by atoms with van der Waals surface area (Å²) in [5.41, 5.74) is 0. The minimum Gasteiger partial charge on any atom is -0.480 e. The predicted molar refractivity (Wildman–Crippen MR) is 76.5 cm³/mol. The number of aliphatic carboxylic acids is 1. The van der Waals surface area contributed by atoms with Crippen LogP contribution in [0.25, 0.3) is 0 Å². The van der Waals surface area contributed by atoms with Gasteiger partial charge in [-0.15, -0.1) is 0 Å². The quantitative estimate of drug-likeness (QED) is 0.819. The smallest absolute Gasteiger partial charge is 0.326 e. The first-order chi connectivity index (χ1) is 9.95. The molecule has 1 unspecified atom stereocenters. The predicted octanol–water partition coefficient (Wildman–Crippen LogP) is 0.957. The number of hydrogen-bond donors (Lipinski definition) is 1. The molecule has 1 heterocycles. The van der Waals surface area contributed by atoms with Crippen LogP contribution in [0.15, 0.2) is 0 Å². The Labute approximate surface area is 125 Å². The second kappa shape index (κ2) is 6.45. The molecule has 1 aliphatic heterocycles. The van der Waals surface area contributed by atoms with E-state index in [0.29, 0.717) is 32.4 Å². The Hall–Kier alpha value is -1.59. The van der Waals surface area contributed by atoms with Crippen molar-refractivity contribution in [2.45, 2.75) is 45.1 Å². The third kappa shape index (κ3) is 3.54. The number of likely N-dealkylation sites (N-methyl/N-ethyl adjacent to an activating group) is 1. The molecule has 0 aromatic carbocycles.